The fourth-order valence-corrected chi connectivity index (χ4v) is 3.24. The summed E-state index contributed by atoms with van der Waals surface area (Å²) in [4.78, 5) is 13.8. The Labute approximate surface area is 112 Å². The minimum Gasteiger partial charge on any atom is -0.480 e. The van der Waals surface area contributed by atoms with Gasteiger partial charge in [-0.2, -0.15) is 0 Å². The molecule has 1 rings (SSSR count). The van der Waals surface area contributed by atoms with Crippen LogP contribution in [0.15, 0.2) is 0 Å². The predicted molar refractivity (Wildman–Crippen MR) is 74.7 cm³/mol. The molecule has 0 radical (unpaired) electrons. The summed E-state index contributed by atoms with van der Waals surface area (Å²) >= 11 is 0. The van der Waals surface area contributed by atoms with Gasteiger partial charge in [0.15, 0.2) is 0 Å². The quantitative estimate of drug-likeness (QED) is 0.791. The molecule has 0 saturated carbocycles. The summed E-state index contributed by atoms with van der Waals surface area (Å²) in [7, 11) is 0. The second-order valence-electron chi connectivity index (χ2n) is 6.79. The van der Waals surface area contributed by atoms with Crippen molar-refractivity contribution in [2.45, 2.75) is 71.9 Å². The molecular formula is C15H29NO2. The van der Waals surface area contributed by atoms with Crippen molar-refractivity contribution in [1.82, 2.24) is 4.90 Å². The second-order valence-corrected chi connectivity index (χ2v) is 6.79. The Hall–Kier alpha value is -0.570. The van der Waals surface area contributed by atoms with E-state index in [9.17, 15) is 9.90 Å². The van der Waals surface area contributed by atoms with E-state index in [0.29, 0.717) is 17.9 Å². The Morgan fingerprint density at radius 1 is 1.22 bits per heavy atom. The maximum atomic E-state index is 11.6. The van der Waals surface area contributed by atoms with E-state index in [0.717, 1.165) is 32.2 Å². The van der Waals surface area contributed by atoms with Crippen LogP contribution >= 0.6 is 0 Å². The summed E-state index contributed by atoms with van der Waals surface area (Å²) in [6.45, 7) is 11.7. The summed E-state index contributed by atoms with van der Waals surface area (Å²) in [5, 5.41) is 9.52. The lowest BCUT2D eigenvalue weighted by molar-refractivity contribution is -0.150. The largest absolute Gasteiger partial charge is 0.480 e. The number of rotatable bonds is 6. The summed E-state index contributed by atoms with van der Waals surface area (Å²) in [5.41, 5.74) is -0.644. The van der Waals surface area contributed by atoms with Gasteiger partial charge in [-0.05, 0) is 51.0 Å². The normalized spacial score (nSPS) is 25.6. The van der Waals surface area contributed by atoms with Crippen LogP contribution in [0, 0.1) is 11.8 Å². The SMILES string of the molecule is CC(C)CC(CC(C)C)N1CCCC1(C)C(=O)O. The zero-order valence-electron chi connectivity index (χ0n) is 12.6. The Kier molecular flexibility index (Phi) is 5.20. The molecular weight excluding hydrogens is 226 g/mol. The number of carbonyl (C=O) groups is 1. The first-order valence-electron chi connectivity index (χ1n) is 7.27. The van der Waals surface area contributed by atoms with Crippen LogP contribution < -0.4 is 0 Å². The predicted octanol–water partition coefficient (Wildman–Crippen LogP) is 3.39. The number of carboxylic acid groups (broad SMARTS) is 1. The van der Waals surface area contributed by atoms with Gasteiger partial charge in [0.2, 0.25) is 0 Å². The lowest BCUT2D eigenvalue weighted by Crippen LogP contribution is -2.53. The van der Waals surface area contributed by atoms with E-state index in [1.165, 1.54) is 0 Å². The van der Waals surface area contributed by atoms with Crippen molar-refractivity contribution in [3.8, 4) is 0 Å². The van der Waals surface area contributed by atoms with Crippen LogP contribution in [0.5, 0.6) is 0 Å². The van der Waals surface area contributed by atoms with E-state index in [1.54, 1.807) is 0 Å². The highest BCUT2D eigenvalue weighted by Crippen LogP contribution is 2.35. The van der Waals surface area contributed by atoms with Crippen molar-refractivity contribution in [1.29, 1.82) is 0 Å². The van der Waals surface area contributed by atoms with Gasteiger partial charge in [0, 0.05) is 6.04 Å². The second kappa shape index (κ2) is 6.05. The monoisotopic (exact) mass is 255 g/mol. The van der Waals surface area contributed by atoms with Gasteiger partial charge in [-0.15, -0.1) is 0 Å². The van der Waals surface area contributed by atoms with Gasteiger partial charge >= 0.3 is 5.97 Å². The Balaban J connectivity index is 2.86. The number of hydrogen-bond donors (Lipinski definition) is 1. The summed E-state index contributed by atoms with van der Waals surface area (Å²) in [6.07, 6.45) is 3.99. The molecule has 3 nitrogen and oxygen atoms in total. The number of carboxylic acids is 1. The smallest absolute Gasteiger partial charge is 0.323 e. The van der Waals surface area contributed by atoms with E-state index in [1.807, 2.05) is 6.92 Å². The van der Waals surface area contributed by atoms with E-state index in [-0.39, 0.29) is 0 Å². The molecule has 1 fully saturated rings. The molecule has 1 N–H and O–H groups in total. The third kappa shape index (κ3) is 3.47. The van der Waals surface area contributed by atoms with Crippen LogP contribution in [0.1, 0.15) is 60.3 Å². The molecule has 1 atom stereocenters. The van der Waals surface area contributed by atoms with E-state index in [2.05, 4.69) is 32.6 Å². The van der Waals surface area contributed by atoms with E-state index in [4.69, 9.17) is 0 Å². The Bertz CT molecular complexity index is 278. The summed E-state index contributed by atoms with van der Waals surface area (Å²) < 4.78 is 0. The molecule has 1 aliphatic rings. The first-order chi connectivity index (χ1) is 8.27. The molecule has 0 bridgehead atoms. The zero-order valence-corrected chi connectivity index (χ0v) is 12.6. The highest BCUT2D eigenvalue weighted by atomic mass is 16.4. The van der Waals surface area contributed by atoms with Crippen LogP contribution in [0.2, 0.25) is 0 Å². The Morgan fingerprint density at radius 2 is 1.72 bits per heavy atom. The third-order valence-electron chi connectivity index (χ3n) is 4.08. The lowest BCUT2D eigenvalue weighted by atomic mass is 9.90. The Morgan fingerprint density at radius 3 is 2.11 bits per heavy atom. The minimum absolute atomic E-state index is 0.411. The lowest BCUT2D eigenvalue weighted by Gasteiger charge is -2.39. The van der Waals surface area contributed by atoms with Crippen LogP contribution in [-0.2, 0) is 4.79 Å². The van der Waals surface area contributed by atoms with Gasteiger partial charge < -0.3 is 5.11 Å². The number of aliphatic carboxylic acids is 1. The molecule has 0 amide bonds. The molecule has 1 aliphatic heterocycles. The van der Waals surface area contributed by atoms with Crippen molar-refractivity contribution in [3.63, 3.8) is 0 Å². The molecule has 106 valence electrons. The molecule has 0 aromatic heterocycles. The van der Waals surface area contributed by atoms with Crippen LogP contribution in [0.25, 0.3) is 0 Å². The van der Waals surface area contributed by atoms with Gasteiger partial charge in [-0.25, -0.2) is 0 Å². The van der Waals surface area contributed by atoms with Crippen molar-refractivity contribution < 1.29 is 9.90 Å². The topological polar surface area (TPSA) is 40.5 Å². The molecule has 0 aliphatic carbocycles. The first kappa shape index (κ1) is 15.5. The average molecular weight is 255 g/mol. The summed E-state index contributed by atoms with van der Waals surface area (Å²) in [5.74, 6) is 0.581. The van der Waals surface area contributed by atoms with Crippen LogP contribution in [-0.4, -0.2) is 34.1 Å². The van der Waals surface area contributed by atoms with Gasteiger partial charge in [0.05, 0.1) is 0 Å². The first-order valence-corrected chi connectivity index (χ1v) is 7.27. The maximum Gasteiger partial charge on any atom is 0.323 e. The number of nitrogens with zero attached hydrogens (tertiary/aromatic N) is 1. The fourth-order valence-electron chi connectivity index (χ4n) is 3.24. The molecule has 0 spiro atoms. The average Bonchev–Trinajstić information content (AvgIpc) is 2.59. The van der Waals surface area contributed by atoms with Gasteiger partial charge in [0.1, 0.15) is 5.54 Å². The molecule has 18 heavy (non-hydrogen) atoms. The molecule has 3 heteroatoms. The van der Waals surface area contributed by atoms with Gasteiger partial charge in [-0.3, -0.25) is 9.69 Å². The van der Waals surface area contributed by atoms with E-state index >= 15 is 0 Å². The highest BCUT2D eigenvalue weighted by Gasteiger charge is 2.46. The fraction of sp³-hybridized carbons (Fsp3) is 0.933. The van der Waals surface area contributed by atoms with Crippen LogP contribution in [0.3, 0.4) is 0 Å². The molecule has 1 saturated heterocycles. The standard InChI is InChI=1S/C15H29NO2/c1-11(2)9-13(10-12(3)4)16-8-6-7-15(16,5)14(17)18/h11-13H,6-10H2,1-5H3,(H,17,18). The van der Waals surface area contributed by atoms with Gasteiger partial charge in [-0.1, -0.05) is 27.7 Å². The molecule has 0 aromatic rings. The van der Waals surface area contributed by atoms with Crippen molar-refractivity contribution in [2.75, 3.05) is 6.54 Å². The minimum atomic E-state index is -0.655. The van der Waals surface area contributed by atoms with Crippen molar-refractivity contribution >= 4 is 5.97 Å². The number of likely N-dealkylation sites (tertiary alicyclic amines) is 1. The van der Waals surface area contributed by atoms with E-state index < -0.39 is 11.5 Å². The van der Waals surface area contributed by atoms with Crippen molar-refractivity contribution in [2.24, 2.45) is 11.8 Å². The summed E-state index contributed by atoms with van der Waals surface area (Å²) in [6, 6.07) is 0.411. The molecule has 1 unspecified atom stereocenters. The molecule has 0 aromatic carbocycles. The maximum absolute atomic E-state index is 11.6. The molecule has 1 heterocycles. The highest BCUT2D eigenvalue weighted by molar-refractivity contribution is 5.78. The van der Waals surface area contributed by atoms with Gasteiger partial charge in [0.25, 0.3) is 0 Å². The zero-order chi connectivity index (χ0) is 13.9. The van der Waals surface area contributed by atoms with Crippen molar-refractivity contribution in [3.05, 3.63) is 0 Å². The number of hydrogen-bond acceptors (Lipinski definition) is 2. The van der Waals surface area contributed by atoms with Crippen LogP contribution in [0.4, 0.5) is 0 Å². The third-order valence-corrected chi connectivity index (χ3v) is 4.08.